The highest BCUT2D eigenvalue weighted by Crippen LogP contribution is 2.22. The van der Waals surface area contributed by atoms with E-state index in [-0.39, 0.29) is 25.3 Å². The monoisotopic (exact) mass is 186 g/mol. The van der Waals surface area contributed by atoms with Gasteiger partial charge in [0.15, 0.2) is 11.5 Å². The number of hydrogen-bond acceptors (Lipinski definition) is 5. The summed E-state index contributed by atoms with van der Waals surface area (Å²) < 4.78 is 4.33. The van der Waals surface area contributed by atoms with Crippen molar-refractivity contribution in [2.45, 2.75) is 12.5 Å². The first-order valence-electron chi connectivity index (χ1n) is 3.82. The van der Waals surface area contributed by atoms with E-state index in [1.54, 1.807) is 0 Å². The van der Waals surface area contributed by atoms with Crippen molar-refractivity contribution >= 4 is 12.3 Å². The zero-order valence-corrected chi connectivity index (χ0v) is 6.84. The lowest BCUT2D eigenvalue weighted by atomic mass is 10.0. The molecule has 0 amide bonds. The van der Waals surface area contributed by atoms with Crippen LogP contribution in [0.2, 0.25) is 0 Å². The molecule has 0 saturated carbocycles. The zero-order valence-electron chi connectivity index (χ0n) is 6.84. The quantitative estimate of drug-likeness (QED) is 0.581. The summed E-state index contributed by atoms with van der Waals surface area (Å²) in [5, 5.41) is 18.3. The first kappa shape index (κ1) is 9.73. The van der Waals surface area contributed by atoms with Gasteiger partial charge in [-0.1, -0.05) is 0 Å². The van der Waals surface area contributed by atoms with Crippen LogP contribution in [0.1, 0.15) is 6.42 Å². The molecule has 0 heterocycles. The van der Waals surface area contributed by atoms with E-state index in [9.17, 15) is 14.7 Å². The number of rotatable bonds is 4. The van der Waals surface area contributed by atoms with Crippen molar-refractivity contribution in [2.75, 3.05) is 6.61 Å². The van der Waals surface area contributed by atoms with Crippen LogP contribution in [0, 0.1) is 5.92 Å². The summed E-state index contributed by atoms with van der Waals surface area (Å²) in [7, 11) is 0. The van der Waals surface area contributed by atoms with E-state index in [0.717, 1.165) is 0 Å². The molecule has 0 aromatic carbocycles. The molecule has 2 atom stereocenters. The number of aliphatic hydroxyl groups excluding tert-OH is 2. The molecule has 13 heavy (non-hydrogen) atoms. The molecule has 1 aliphatic rings. The Labute approximate surface area is 74.6 Å². The highest BCUT2D eigenvalue weighted by atomic mass is 16.5. The fourth-order valence-electron chi connectivity index (χ4n) is 1.18. The summed E-state index contributed by atoms with van der Waals surface area (Å²) in [6, 6.07) is 0. The van der Waals surface area contributed by atoms with Crippen molar-refractivity contribution in [1.82, 2.24) is 0 Å². The molecule has 0 aromatic rings. The molecule has 5 heteroatoms. The van der Waals surface area contributed by atoms with Crippen LogP contribution in [-0.4, -0.2) is 35.2 Å². The van der Waals surface area contributed by atoms with Gasteiger partial charge in [-0.25, -0.2) is 0 Å². The van der Waals surface area contributed by atoms with Gasteiger partial charge in [-0.05, 0) is 6.08 Å². The first-order valence-corrected chi connectivity index (χ1v) is 3.82. The summed E-state index contributed by atoms with van der Waals surface area (Å²) in [6.07, 6.45) is 0.412. The lowest BCUT2D eigenvalue weighted by Gasteiger charge is -2.13. The molecular formula is C8H10O5. The van der Waals surface area contributed by atoms with Gasteiger partial charge in [0.1, 0.15) is 6.61 Å². The van der Waals surface area contributed by atoms with Gasteiger partial charge in [-0.3, -0.25) is 9.59 Å². The van der Waals surface area contributed by atoms with E-state index < -0.39 is 17.8 Å². The smallest absolute Gasteiger partial charge is 0.293 e. The van der Waals surface area contributed by atoms with Gasteiger partial charge in [0.05, 0.1) is 6.10 Å². The highest BCUT2D eigenvalue weighted by molar-refractivity contribution is 5.95. The van der Waals surface area contributed by atoms with Crippen LogP contribution in [0.25, 0.3) is 0 Å². The number of hydrogen-bond donors (Lipinski definition) is 2. The lowest BCUT2D eigenvalue weighted by molar-refractivity contribution is -0.132. The minimum Gasteiger partial charge on any atom is -0.505 e. The van der Waals surface area contributed by atoms with Gasteiger partial charge in [0, 0.05) is 12.3 Å². The van der Waals surface area contributed by atoms with Crippen LogP contribution >= 0.6 is 0 Å². The normalized spacial score (nSPS) is 23.9. The Kier molecular flexibility index (Phi) is 3.02. The van der Waals surface area contributed by atoms with Gasteiger partial charge in [-0.15, -0.1) is 0 Å². The van der Waals surface area contributed by atoms with Crippen molar-refractivity contribution in [2.24, 2.45) is 5.92 Å². The van der Waals surface area contributed by atoms with Crippen molar-refractivity contribution in [3.63, 3.8) is 0 Å². The molecule has 0 radical (unpaired) electrons. The number of carbonyl (C=O) groups excluding carboxylic acids is 2. The average molecular weight is 186 g/mol. The Balaban J connectivity index is 2.46. The topological polar surface area (TPSA) is 83.8 Å². The molecule has 0 saturated heterocycles. The third kappa shape index (κ3) is 2.29. The van der Waals surface area contributed by atoms with E-state index in [2.05, 4.69) is 4.74 Å². The Morgan fingerprint density at radius 2 is 2.46 bits per heavy atom. The summed E-state index contributed by atoms with van der Waals surface area (Å²) in [6.45, 7) is 0.0643. The highest BCUT2D eigenvalue weighted by Gasteiger charge is 2.29. The third-order valence-corrected chi connectivity index (χ3v) is 1.91. The predicted octanol–water partition coefficient (Wildman–Crippen LogP) is -0.449. The molecule has 0 spiro atoms. The molecule has 72 valence electrons. The molecule has 1 aliphatic carbocycles. The maximum atomic E-state index is 10.8. The van der Waals surface area contributed by atoms with E-state index in [1.807, 2.05) is 0 Å². The van der Waals surface area contributed by atoms with Crippen molar-refractivity contribution < 1.29 is 24.5 Å². The van der Waals surface area contributed by atoms with Gasteiger partial charge in [0.2, 0.25) is 0 Å². The first-order chi connectivity index (χ1) is 6.15. The Hall–Kier alpha value is -1.36. The van der Waals surface area contributed by atoms with Gasteiger partial charge in [-0.2, -0.15) is 0 Å². The molecule has 5 nitrogen and oxygen atoms in total. The number of aliphatic hydroxyl groups is 2. The fourth-order valence-corrected chi connectivity index (χ4v) is 1.18. The Bertz CT molecular complexity index is 245. The molecule has 0 bridgehead atoms. The number of carbonyl (C=O) groups is 2. The van der Waals surface area contributed by atoms with Gasteiger partial charge >= 0.3 is 0 Å². The summed E-state index contributed by atoms with van der Waals surface area (Å²) in [5.74, 6) is -1.17. The van der Waals surface area contributed by atoms with Crippen molar-refractivity contribution in [3.05, 3.63) is 11.8 Å². The third-order valence-electron chi connectivity index (χ3n) is 1.91. The number of Topliss-reactive ketones (excluding diaryl/α,β-unsaturated/α-hetero) is 1. The summed E-state index contributed by atoms with van der Waals surface area (Å²) >= 11 is 0. The minimum absolute atomic E-state index is 0.0647. The molecular weight excluding hydrogens is 176 g/mol. The molecule has 0 aromatic heterocycles. The molecule has 0 fully saturated rings. The van der Waals surface area contributed by atoms with E-state index in [1.165, 1.54) is 6.08 Å². The standard InChI is InChI=1S/C8H10O5/c9-4-13-3-8(12)5-1-6(10)7(11)2-5/h1,4-5,8,10,12H,2-3H2. The average Bonchev–Trinajstić information content (AvgIpc) is 2.43. The fraction of sp³-hybridized carbons (Fsp3) is 0.500. The second-order valence-corrected chi connectivity index (χ2v) is 2.84. The molecule has 2 N–H and O–H groups in total. The number of ether oxygens (including phenoxy) is 1. The minimum atomic E-state index is -0.932. The van der Waals surface area contributed by atoms with Crippen LogP contribution in [0.5, 0.6) is 0 Å². The van der Waals surface area contributed by atoms with Crippen molar-refractivity contribution in [1.29, 1.82) is 0 Å². The Morgan fingerprint density at radius 3 is 2.92 bits per heavy atom. The summed E-state index contributed by atoms with van der Waals surface area (Å²) in [5.41, 5.74) is 0. The van der Waals surface area contributed by atoms with E-state index in [4.69, 9.17) is 5.11 Å². The second kappa shape index (κ2) is 4.04. The van der Waals surface area contributed by atoms with Gasteiger partial charge < -0.3 is 14.9 Å². The molecule has 0 aliphatic heterocycles. The Morgan fingerprint density at radius 1 is 1.77 bits per heavy atom. The van der Waals surface area contributed by atoms with E-state index >= 15 is 0 Å². The maximum Gasteiger partial charge on any atom is 0.293 e. The molecule has 1 rings (SSSR count). The largest absolute Gasteiger partial charge is 0.505 e. The van der Waals surface area contributed by atoms with Crippen LogP contribution in [0.3, 0.4) is 0 Å². The van der Waals surface area contributed by atoms with Gasteiger partial charge in [0.25, 0.3) is 6.47 Å². The van der Waals surface area contributed by atoms with Crippen LogP contribution in [-0.2, 0) is 14.3 Å². The second-order valence-electron chi connectivity index (χ2n) is 2.84. The van der Waals surface area contributed by atoms with Crippen LogP contribution in [0.15, 0.2) is 11.8 Å². The van der Waals surface area contributed by atoms with E-state index in [0.29, 0.717) is 0 Å². The van der Waals surface area contributed by atoms with Crippen LogP contribution in [0.4, 0.5) is 0 Å². The SMILES string of the molecule is O=COCC(O)C1C=C(O)C(=O)C1. The maximum absolute atomic E-state index is 10.8. The zero-order chi connectivity index (χ0) is 9.84. The lowest BCUT2D eigenvalue weighted by Crippen LogP contribution is -2.23. The van der Waals surface area contributed by atoms with Crippen molar-refractivity contribution in [3.8, 4) is 0 Å². The molecule has 2 unspecified atom stereocenters. The summed E-state index contributed by atoms with van der Waals surface area (Å²) in [4.78, 5) is 20.6. The van der Waals surface area contributed by atoms with Crippen LogP contribution < -0.4 is 0 Å². The number of ketones is 1. The predicted molar refractivity (Wildman–Crippen MR) is 41.8 cm³/mol. The number of allylic oxidation sites excluding steroid dienone is 1.